The minimum absolute atomic E-state index is 0.248. The van der Waals surface area contributed by atoms with Crippen LogP contribution in [0.1, 0.15) is 16.1 Å². The molecule has 1 amide bonds. The second kappa shape index (κ2) is 6.56. The fourth-order valence-electron chi connectivity index (χ4n) is 2.12. The predicted octanol–water partition coefficient (Wildman–Crippen LogP) is 5.05. The third kappa shape index (κ3) is 3.63. The number of H-pyrrole nitrogens is 1. The van der Waals surface area contributed by atoms with Crippen LogP contribution in [0.15, 0.2) is 53.0 Å². The number of benzene rings is 2. The van der Waals surface area contributed by atoms with Crippen LogP contribution in [0.25, 0.3) is 11.3 Å². The normalized spacial score (nSPS) is 10.6. The number of aromatic amines is 1. The molecule has 3 aromatic rings. The number of carbonyl (C=O) groups is 1. The van der Waals surface area contributed by atoms with Gasteiger partial charge in [-0.25, -0.2) is 0 Å². The van der Waals surface area contributed by atoms with Crippen LogP contribution in [0.4, 0.5) is 5.69 Å². The monoisotopic (exact) mass is 389 g/mol. The van der Waals surface area contributed by atoms with Crippen molar-refractivity contribution in [3.63, 3.8) is 0 Å². The molecule has 0 aliphatic heterocycles. The van der Waals surface area contributed by atoms with Crippen molar-refractivity contribution in [3.8, 4) is 11.3 Å². The van der Waals surface area contributed by atoms with Gasteiger partial charge in [0, 0.05) is 15.1 Å². The zero-order chi connectivity index (χ0) is 16.4. The number of hydrogen-bond acceptors (Lipinski definition) is 2. The number of aromatic nitrogens is 2. The SMILES string of the molecule is Cc1ccc(NC(=O)c2cc(-c3ccc(Cl)cc3)n[nH]2)c(Br)c1. The third-order valence-corrected chi connectivity index (χ3v) is 4.24. The summed E-state index contributed by atoms with van der Waals surface area (Å²) in [5, 5.41) is 10.4. The van der Waals surface area contributed by atoms with E-state index in [1.165, 1.54) is 0 Å². The average Bonchev–Trinajstić information content (AvgIpc) is 3.01. The second-order valence-electron chi connectivity index (χ2n) is 5.11. The number of carbonyl (C=O) groups excluding carboxylic acids is 1. The fourth-order valence-corrected chi connectivity index (χ4v) is 2.84. The summed E-state index contributed by atoms with van der Waals surface area (Å²) in [7, 11) is 0. The van der Waals surface area contributed by atoms with Gasteiger partial charge in [0.15, 0.2) is 0 Å². The van der Waals surface area contributed by atoms with Gasteiger partial charge in [0.2, 0.25) is 0 Å². The standard InChI is InChI=1S/C17H13BrClN3O/c1-10-2-7-14(13(18)8-10)20-17(23)16-9-15(21-22-16)11-3-5-12(19)6-4-11/h2-9H,1H3,(H,20,23)(H,21,22). The van der Waals surface area contributed by atoms with Crippen molar-refractivity contribution < 1.29 is 4.79 Å². The maximum Gasteiger partial charge on any atom is 0.273 e. The summed E-state index contributed by atoms with van der Waals surface area (Å²) in [5.74, 6) is -0.248. The van der Waals surface area contributed by atoms with E-state index in [9.17, 15) is 4.79 Å². The summed E-state index contributed by atoms with van der Waals surface area (Å²) >= 11 is 9.32. The predicted molar refractivity (Wildman–Crippen MR) is 95.9 cm³/mol. The molecule has 0 saturated carbocycles. The Balaban J connectivity index is 1.79. The third-order valence-electron chi connectivity index (χ3n) is 3.34. The van der Waals surface area contributed by atoms with E-state index in [0.717, 1.165) is 15.6 Å². The zero-order valence-electron chi connectivity index (χ0n) is 12.2. The molecule has 0 fully saturated rings. The Hall–Kier alpha value is -2.11. The number of hydrogen-bond donors (Lipinski definition) is 2. The van der Waals surface area contributed by atoms with Crippen LogP contribution in [0.2, 0.25) is 5.02 Å². The van der Waals surface area contributed by atoms with Crippen LogP contribution < -0.4 is 5.32 Å². The summed E-state index contributed by atoms with van der Waals surface area (Å²) in [6.07, 6.45) is 0. The molecule has 6 heteroatoms. The number of rotatable bonds is 3. The van der Waals surface area contributed by atoms with Gasteiger partial charge >= 0.3 is 0 Å². The lowest BCUT2D eigenvalue weighted by molar-refractivity contribution is 0.102. The lowest BCUT2D eigenvalue weighted by Gasteiger charge is -2.06. The Morgan fingerprint density at radius 2 is 1.91 bits per heavy atom. The molecule has 0 unspecified atom stereocenters. The van der Waals surface area contributed by atoms with Crippen molar-refractivity contribution in [1.29, 1.82) is 0 Å². The van der Waals surface area contributed by atoms with Crippen molar-refractivity contribution in [3.05, 3.63) is 69.3 Å². The van der Waals surface area contributed by atoms with Gasteiger partial charge in [-0.3, -0.25) is 9.89 Å². The first-order valence-corrected chi connectivity index (χ1v) is 8.09. The molecule has 4 nitrogen and oxygen atoms in total. The number of aryl methyl sites for hydroxylation is 1. The summed E-state index contributed by atoms with van der Waals surface area (Å²) in [4.78, 5) is 12.3. The minimum atomic E-state index is -0.248. The highest BCUT2D eigenvalue weighted by atomic mass is 79.9. The topological polar surface area (TPSA) is 57.8 Å². The van der Waals surface area contributed by atoms with Crippen LogP contribution in [0, 0.1) is 6.92 Å². The van der Waals surface area contributed by atoms with E-state index >= 15 is 0 Å². The number of halogens is 2. The van der Waals surface area contributed by atoms with Gasteiger partial charge in [-0.05, 0) is 58.7 Å². The van der Waals surface area contributed by atoms with E-state index in [-0.39, 0.29) is 5.91 Å². The molecule has 23 heavy (non-hydrogen) atoms. The smallest absolute Gasteiger partial charge is 0.273 e. The summed E-state index contributed by atoms with van der Waals surface area (Å²) in [5.41, 5.74) is 3.79. The van der Waals surface area contributed by atoms with Gasteiger partial charge in [-0.1, -0.05) is 29.8 Å². The lowest BCUT2D eigenvalue weighted by Crippen LogP contribution is -2.12. The molecule has 0 bridgehead atoms. The van der Waals surface area contributed by atoms with Gasteiger partial charge < -0.3 is 5.32 Å². The molecule has 2 N–H and O–H groups in total. The first-order valence-electron chi connectivity index (χ1n) is 6.92. The Kier molecular flexibility index (Phi) is 4.50. The van der Waals surface area contributed by atoms with Crippen molar-refractivity contribution in [2.45, 2.75) is 6.92 Å². The molecule has 0 aliphatic carbocycles. The summed E-state index contributed by atoms with van der Waals surface area (Å²) in [6.45, 7) is 1.99. The maximum absolute atomic E-state index is 12.3. The van der Waals surface area contributed by atoms with E-state index in [2.05, 4.69) is 31.4 Å². The van der Waals surface area contributed by atoms with E-state index in [1.54, 1.807) is 18.2 Å². The molecule has 0 aliphatic rings. The fraction of sp³-hybridized carbons (Fsp3) is 0.0588. The maximum atomic E-state index is 12.3. The Bertz CT molecular complexity index is 859. The number of nitrogens with one attached hydrogen (secondary N) is 2. The van der Waals surface area contributed by atoms with Gasteiger partial charge in [0.1, 0.15) is 5.69 Å². The Morgan fingerprint density at radius 3 is 2.61 bits per heavy atom. The van der Waals surface area contributed by atoms with E-state index in [1.807, 2.05) is 37.3 Å². The van der Waals surface area contributed by atoms with E-state index in [0.29, 0.717) is 22.1 Å². The molecule has 0 atom stereocenters. The first-order chi connectivity index (χ1) is 11.0. The molecule has 116 valence electrons. The van der Waals surface area contributed by atoms with Gasteiger partial charge in [-0.15, -0.1) is 0 Å². The van der Waals surface area contributed by atoms with Crippen molar-refractivity contribution in [2.75, 3.05) is 5.32 Å². The number of amides is 1. The molecule has 1 heterocycles. The zero-order valence-corrected chi connectivity index (χ0v) is 14.6. The number of anilines is 1. The quantitative estimate of drug-likeness (QED) is 0.657. The van der Waals surface area contributed by atoms with Crippen LogP contribution >= 0.6 is 27.5 Å². The average molecular weight is 391 g/mol. The Labute approximate surface area is 147 Å². The molecule has 0 spiro atoms. The first kappa shape index (κ1) is 15.8. The number of nitrogens with zero attached hydrogens (tertiary/aromatic N) is 1. The van der Waals surface area contributed by atoms with Crippen LogP contribution in [-0.2, 0) is 0 Å². The molecular weight excluding hydrogens is 378 g/mol. The van der Waals surface area contributed by atoms with Gasteiger partial charge in [-0.2, -0.15) is 5.10 Å². The Morgan fingerprint density at radius 1 is 1.17 bits per heavy atom. The largest absolute Gasteiger partial charge is 0.320 e. The highest BCUT2D eigenvalue weighted by Crippen LogP contribution is 2.24. The highest BCUT2D eigenvalue weighted by molar-refractivity contribution is 9.10. The van der Waals surface area contributed by atoms with Gasteiger partial charge in [0.05, 0.1) is 11.4 Å². The van der Waals surface area contributed by atoms with Crippen LogP contribution in [0.5, 0.6) is 0 Å². The summed E-state index contributed by atoms with van der Waals surface area (Å²) < 4.78 is 0.836. The summed E-state index contributed by atoms with van der Waals surface area (Å²) in [6, 6.07) is 14.7. The molecule has 0 radical (unpaired) electrons. The van der Waals surface area contributed by atoms with Gasteiger partial charge in [0.25, 0.3) is 5.91 Å². The molecule has 0 saturated heterocycles. The van der Waals surface area contributed by atoms with Crippen LogP contribution in [0.3, 0.4) is 0 Å². The highest BCUT2D eigenvalue weighted by Gasteiger charge is 2.12. The molecular formula is C17H13BrClN3O. The van der Waals surface area contributed by atoms with Crippen molar-refractivity contribution in [1.82, 2.24) is 10.2 Å². The van der Waals surface area contributed by atoms with E-state index < -0.39 is 0 Å². The lowest BCUT2D eigenvalue weighted by atomic mass is 10.1. The molecule has 2 aromatic carbocycles. The molecule has 3 rings (SSSR count). The second-order valence-corrected chi connectivity index (χ2v) is 6.40. The van der Waals surface area contributed by atoms with Crippen LogP contribution in [-0.4, -0.2) is 16.1 Å². The molecule has 1 aromatic heterocycles. The van der Waals surface area contributed by atoms with Crippen molar-refractivity contribution in [2.24, 2.45) is 0 Å². The van der Waals surface area contributed by atoms with Crippen molar-refractivity contribution >= 4 is 39.1 Å². The minimum Gasteiger partial charge on any atom is -0.320 e. The van der Waals surface area contributed by atoms with E-state index in [4.69, 9.17) is 11.6 Å².